The van der Waals surface area contributed by atoms with E-state index in [1.165, 1.54) is 11.3 Å². The van der Waals surface area contributed by atoms with Crippen LogP contribution in [0.15, 0.2) is 12.4 Å². The first-order valence-electron chi connectivity index (χ1n) is 9.16. The van der Waals surface area contributed by atoms with Crippen molar-refractivity contribution in [2.75, 3.05) is 45.9 Å². The van der Waals surface area contributed by atoms with Gasteiger partial charge in [0.25, 0.3) is 5.91 Å². The van der Waals surface area contributed by atoms with Gasteiger partial charge in [0.15, 0.2) is 0 Å². The summed E-state index contributed by atoms with van der Waals surface area (Å²) < 4.78 is 7.22. The summed E-state index contributed by atoms with van der Waals surface area (Å²) in [6, 6.07) is 0. The molecule has 2 saturated heterocycles. The smallest absolute Gasteiger partial charge is 0.265 e. The van der Waals surface area contributed by atoms with Crippen LogP contribution in [0.25, 0.3) is 10.6 Å². The van der Waals surface area contributed by atoms with Gasteiger partial charge < -0.3 is 9.64 Å². The molecule has 0 radical (unpaired) electrons. The van der Waals surface area contributed by atoms with Crippen LogP contribution in [0.5, 0.6) is 0 Å². The van der Waals surface area contributed by atoms with E-state index in [0.29, 0.717) is 5.92 Å². The predicted octanol–water partition coefficient (Wildman–Crippen LogP) is 1.65. The largest absolute Gasteiger partial charge is 0.381 e. The van der Waals surface area contributed by atoms with Gasteiger partial charge in [0.05, 0.1) is 18.5 Å². The van der Waals surface area contributed by atoms with Crippen molar-refractivity contribution in [3.63, 3.8) is 0 Å². The lowest BCUT2D eigenvalue weighted by Gasteiger charge is -2.35. The Labute approximate surface area is 157 Å². The fourth-order valence-corrected chi connectivity index (χ4v) is 4.63. The number of nitrogens with zero attached hydrogens (tertiary/aromatic N) is 5. The Balaban J connectivity index is 1.38. The first-order valence-corrected chi connectivity index (χ1v) is 9.97. The molecule has 1 amide bonds. The molecule has 2 aliphatic rings. The minimum Gasteiger partial charge on any atom is -0.381 e. The van der Waals surface area contributed by atoms with Gasteiger partial charge in [-0.1, -0.05) is 0 Å². The second-order valence-electron chi connectivity index (χ2n) is 7.16. The quantitative estimate of drug-likeness (QED) is 0.813. The number of aromatic nitrogens is 3. The van der Waals surface area contributed by atoms with Crippen molar-refractivity contribution < 1.29 is 9.53 Å². The molecule has 2 aliphatic heterocycles. The van der Waals surface area contributed by atoms with Gasteiger partial charge in [0.1, 0.15) is 9.88 Å². The van der Waals surface area contributed by atoms with E-state index >= 15 is 0 Å². The Kier molecular flexibility index (Phi) is 5.06. The number of rotatable bonds is 4. The minimum absolute atomic E-state index is 0.110. The van der Waals surface area contributed by atoms with E-state index in [1.807, 2.05) is 25.1 Å². The van der Waals surface area contributed by atoms with Gasteiger partial charge in [0.2, 0.25) is 0 Å². The van der Waals surface area contributed by atoms with E-state index in [9.17, 15) is 4.79 Å². The van der Waals surface area contributed by atoms with Gasteiger partial charge in [-0.3, -0.25) is 14.4 Å². The van der Waals surface area contributed by atoms with Gasteiger partial charge in [0, 0.05) is 58.1 Å². The van der Waals surface area contributed by atoms with Crippen LogP contribution >= 0.6 is 11.3 Å². The number of hydrogen-bond donors (Lipinski definition) is 0. The third-order valence-electron chi connectivity index (χ3n) is 5.14. The first kappa shape index (κ1) is 17.6. The molecule has 0 aliphatic carbocycles. The normalized spacial score (nSPS) is 21.5. The van der Waals surface area contributed by atoms with Crippen LogP contribution in [-0.4, -0.2) is 76.4 Å². The lowest BCUT2D eigenvalue weighted by atomic mass is 10.1. The minimum atomic E-state index is 0.110. The summed E-state index contributed by atoms with van der Waals surface area (Å²) >= 11 is 1.47. The van der Waals surface area contributed by atoms with Crippen LogP contribution in [0.4, 0.5) is 0 Å². The molecule has 1 atom stereocenters. The highest BCUT2D eigenvalue weighted by Crippen LogP contribution is 2.28. The standard InChI is InChI=1S/C18H25N5O2S/c1-13-16(26-17(20-13)15-9-19-21(2)11-15)18(24)23-6-4-22(5-7-23)10-14-3-8-25-12-14/h9,11,14H,3-8,10,12H2,1-2H3. The Hall–Kier alpha value is -1.77. The Morgan fingerprint density at radius 1 is 1.35 bits per heavy atom. The Bertz CT molecular complexity index is 772. The number of ether oxygens (including phenoxy) is 1. The summed E-state index contributed by atoms with van der Waals surface area (Å²) in [5.41, 5.74) is 1.77. The van der Waals surface area contributed by atoms with Gasteiger partial charge in [-0.15, -0.1) is 11.3 Å². The molecule has 0 bridgehead atoms. The van der Waals surface area contributed by atoms with Crippen molar-refractivity contribution in [2.45, 2.75) is 13.3 Å². The van der Waals surface area contributed by atoms with Gasteiger partial charge >= 0.3 is 0 Å². The number of aryl methyl sites for hydroxylation is 2. The molecule has 2 fully saturated rings. The van der Waals surface area contributed by atoms with Crippen LogP contribution in [0.2, 0.25) is 0 Å². The molecule has 0 N–H and O–H groups in total. The summed E-state index contributed by atoms with van der Waals surface area (Å²) in [4.78, 5) is 22.7. The van der Waals surface area contributed by atoms with Crippen molar-refractivity contribution in [3.8, 4) is 10.6 Å². The lowest BCUT2D eigenvalue weighted by Crippen LogP contribution is -2.49. The van der Waals surface area contributed by atoms with Crippen LogP contribution in [0, 0.1) is 12.8 Å². The van der Waals surface area contributed by atoms with E-state index in [0.717, 1.165) is 73.5 Å². The zero-order valence-corrected chi connectivity index (χ0v) is 16.2. The van der Waals surface area contributed by atoms with Crippen molar-refractivity contribution in [3.05, 3.63) is 23.0 Å². The molecule has 4 heterocycles. The second-order valence-corrected chi connectivity index (χ2v) is 8.16. The number of carbonyl (C=O) groups is 1. The van der Waals surface area contributed by atoms with E-state index in [1.54, 1.807) is 10.9 Å². The summed E-state index contributed by atoms with van der Waals surface area (Å²) in [7, 11) is 1.88. The SMILES string of the molecule is Cc1nc(-c2cnn(C)c2)sc1C(=O)N1CCN(CC2CCOC2)CC1. The molecule has 140 valence electrons. The third-order valence-corrected chi connectivity index (χ3v) is 6.34. The monoisotopic (exact) mass is 375 g/mol. The topological polar surface area (TPSA) is 63.5 Å². The van der Waals surface area contributed by atoms with E-state index in [4.69, 9.17) is 4.74 Å². The maximum Gasteiger partial charge on any atom is 0.265 e. The molecule has 1 unspecified atom stereocenters. The molecular weight excluding hydrogens is 350 g/mol. The highest BCUT2D eigenvalue weighted by Gasteiger charge is 2.27. The predicted molar refractivity (Wildman–Crippen MR) is 100 cm³/mol. The number of carbonyl (C=O) groups excluding carboxylic acids is 1. The average molecular weight is 375 g/mol. The average Bonchev–Trinajstić information content (AvgIpc) is 3.37. The number of hydrogen-bond acceptors (Lipinski definition) is 6. The summed E-state index contributed by atoms with van der Waals surface area (Å²) in [6.07, 6.45) is 4.88. The molecule has 2 aromatic heterocycles. The maximum atomic E-state index is 13.0. The summed E-state index contributed by atoms with van der Waals surface area (Å²) in [6.45, 7) is 8.24. The Morgan fingerprint density at radius 2 is 2.15 bits per heavy atom. The first-order chi connectivity index (χ1) is 12.6. The van der Waals surface area contributed by atoms with Gasteiger partial charge in [-0.05, 0) is 19.3 Å². The molecule has 8 heteroatoms. The Morgan fingerprint density at radius 3 is 2.81 bits per heavy atom. The van der Waals surface area contributed by atoms with Crippen molar-refractivity contribution in [1.29, 1.82) is 0 Å². The molecule has 4 rings (SSSR count). The van der Waals surface area contributed by atoms with Crippen LogP contribution in [0.3, 0.4) is 0 Å². The number of thiazole rings is 1. The van der Waals surface area contributed by atoms with Crippen LogP contribution in [0.1, 0.15) is 21.8 Å². The zero-order chi connectivity index (χ0) is 18.1. The van der Waals surface area contributed by atoms with Gasteiger partial charge in [-0.25, -0.2) is 4.98 Å². The molecule has 26 heavy (non-hydrogen) atoms. The number of amides is 1. The fraction of sp³-hybridized carbons (Fsp3) is 0.611. The van der Waals surface area contributed by atoms with Crippen LogP contribution in [-0.2, 0) is 11.8 Å². The highest BCUT2D eigenvalue weighted by atomic mass is 32.1. The summed E-state index contributed by atoms with van der Waals surface area (Å²) in [5, 5.41) is 5.05. The van der Waals surface area contributed by atoms with Crippen molar-refractivity contribution in [1.82, 2.24) is 24.6 Å². The lowest BCUT2D eigenvalue weighted by molar-refractivity contribution is 0.0615. The highest BCUT2D eigenvalue weighted by molar-refractivity contribution is 7.17. The number of piperazine rings is 1. The third kappa shape index (κ3) is 3.67. The second kappa shape index (κ2) is 7.46. The summed E-state index contributed by atoms with van der Waals surface area (Å²) in [5.74, 6) is 0.766. The van der Waals surface area contributed by atoms with Crippen molar-refractivity contribution >= 4 is 17.2 Å². The van der Waals surface area contributed by atoms with E-state index < -0.39 is 0 Å². The molecular formula is C18H25N5O2S. The van der Waals surface area contributed by atoms with E-state index in [-0.39, 0.29) is 5.91 Å². The maximum absolute atomic E-state index is 13.0. The molecule has 2 aromatic rings. The molecule has 0 saturated carbocycles. The van der Waals surface area contributed by atoms with Crippen molar-refractivity contribution in [2.24, 2.45) is 13.0 Å². The van der Waals surface area contributed by atoms with E-state index in [2.05, 4.69) is 15.0 Å². The molecule has 7 nitrogen and oxygen atoms in total. The van der Waals surface area contributed by atoms with Crippen LogP contribution < -0.4 is 0 Å². The van der Waals surface area contributed by atoms with Gasteiger partial charge in [-0.2, -0.15) is 5.10 Å². The fourth-order valence-electron chi connectivity index (χ4n) is 3.62. The molecule has 0 aromatic carbocycles. The molecule has 0 spiro atoms. The zero-order valence-electron chi connectivity index (χ0n) is 15.3.